The van der Waals surface area contributed by atoms with Gasteiger partial charge in [-0.1, -0.05) is 0 Å². The summed E-state index contributed by atoms with van der Waals surface area (Å²) < 4.78 is 5.03. The van der Waals surface area contributed by atoms with Crippen molar-refractivity contribution in [1.29, 1.82) is 0 Å². The van der Waals surface area contributed by atoms with Gasteiger partial charge >= 0.3 is 11.9 Å². The Hall–Kier alpha value is -1.56. The van der Waals surface area contributed by atoms with E-state index in [-0.39, 0.29) is 5.70 Å². The normalized spacial score (nSPS) is 18.0. The third-order valence-electron chi connectivity index (χ3n) is 1.83. The minimum absolute atomic E-state index is 0.194. The van der Waals surface area contributed by atoms with Gasteiger partial charge in [0.25, 0.3) is 0 Å². The van der Waals surface area contributed by atoms with Crippen molar-refractivity contribution in [3.63, 3.8) is 0 Å². The molecule has 14 heavy (non-hydrogen) atoms. The lowest BCUT2D eigenvalue weighted by molar-refractivity contribution is -0.137. The largest absolute Gasteiger partial charge is 0.478 e. The Bertz CT molecular complexity index is 267. The Kier molecular flexibility index (Phi) is 3.47. The monoisotopic (exact) mass is 201 g/mol. The summed E-state index contributed by atoms with van der Waals surface area (Å²) in [4.78, 5) is 22.6. The lowest BCUT2D eigenvalue weighted by Gasteiger charge is -2.28. The third-order valence-corrected chi connectivity index (χ3v) is 1.83. The summed E-state index contributed by atoms with van der Waals surface area (Å²) in [5.41, 5.74) is -0.194. The molecule has 0 aromatic heterocycles. The zero-order valence-electron chi connectivity index (χ0n) is 7.47. The molecule has 0 unspecified atom stereocenters. The van der Waals surface area contributed by atoms with Crippen LogP contribution in [0, 0.1) is 0 Å². The van der Waals surface area contributed by atoms with E-state index in [0.29, 0.717) is 32.4 Å². The predicted octanol–water partition coefficient (Wildman–Crippen LogP) is -0.628. The molecule has 2 N–H and O–H groups in total. The highest BCUT2D eigenvalue weighted by Crippen LogP contribution is 2.07. The standard InChI is InChI=1S/C8H11NO5/c10-7(11)5-6(8(12)13)9-1-3-14-4-2-9/h5H,1-4H2,(H,10,11)(H,12,13)/b6-5-. The zero-order valence-corrected chi connectivity index (χ0v) is 7.47. The number of morpholine rings is 1. The first-order chi connectivity index (χ1) is 6.61. The molecule has 0 aromatic rings. The van der Waals surface area contributed by atoms with Gasteiger partial charge in [0.1, 0.15) is 5.70 Å². The van der Waals surface area contributed by atoms with Crippen LogP contribution in [-0.4, -0.2) is 53.4 Å². The average molecular weight is 201 g/mol. The van der Waals surface area contributed by atoms with Crippen molar-refractivity contribution in [2.45, 2.75) is 0 Å². The maximum atomic E-state index is 10.7. The van der Waals surface area contributed by atoms with Crippen molar-refractivity contribution in [2.75, 3.05) is 26.3 Å². The molecule has 1 aliphatic heterocycles. The number of ether oxygens (including phenoxy) is 1. The summed E-state index contributed by atoms with van der Waals surface area (Å²) in [5, 5.41) is 17.2. The molecule has 0 saturated carbocycles. The SMILES string of the molecule is O=C(O)/C=C(/C(=O)O)N1CCOCC1. The lowest BCUT2D eigenvalue weighted by Crippen LogP contribution is -2.38. The van der Waals surface area contributed by atoms with Crippen molar-refractivity contribution in [3.05, 3.63) is 11.8 Å². The van der Waals surface area contributed by atoms with Gasteiger partial charge in [0, 0.05) is 13.1 Å². The van der Waals surface area contributed by atoms with E-state index in [0.717, 1.165) is 0 Å². The molecule has 78 valence electrons. The van der Waals surface area contributed by atoms with Crippen LogP contribution in [0.4, 0.5) is 0 Å². The van der Waals surface area contributed by atoms with Crippen LogP contribution in [0.2, 0.25) is 0 Å². The molecular weight excluding hydrogens is 190 g/mol. The quantitative estimate of drug-likeness (QED) is 0.591. The molecule has 0 spiro atoms. The molecular formula is C8H11NO5. The van der Waals surface area contributed by atoms with E-state index >= 15 is 0 Å². The van der Waals surface area contributed by atoms with Crippen molar-refractivity contribution in [2.24, 2.45) is 0 Å². The number of rotatable bonds is 3. The zero-order chi connectivity index (χ0) is 10.6. The summed E-state index contributed by atoms with van der Waals surface area (Å²) in [7, 11) is 0. The fourth-order valence-electron chi connectivity index (χ4n) is 1.21. The van der Waals surface area contributed by atoms with Crippen molar-refractivity contribution in [1.82, 2.24) is 4.90 Å². The molecule has 1 rings (SSSR count). The van der Waals surface area contributed by atoms with Gasteiger partial charge in [0.2, 0.25) is 0 Å². The van der Waals surface area contributed by atoms with Gasteiger partial charge < -0.3 is 19.8 Å². The van der Waals surface area contributed by atoms with Gasteiger partial charge in [-0.3, -0.25) is 0 Å². The molecule has 6 nitrogen and oxygen atoms in total. The Labute approximate surface area is 80.4 Å². The fourth-order valence-corrected chi connectivity index (χ4v) is 1.21. The van der Waals surface area contributed by atoms with Gasteiger partial charge in [0.05, 0.1) is 19.3 Å². The van der Waals surface area contributed by atoms with Crippen LogP contribution >= 0.6 is 0 Å². The second-order valence-corrected chi connectivity index (χ2v) is 2.77. The number of hydrogen-bond donors (Lipinski definition) is 2. The molecule has 0 atom stereocenters. The second-order valence-electron chi connectivity index (χ2n) is 2.77. The van der Waals surface area contributed by atoms with E-state index in [2.05, 4.69) is 0 Å². The summed E-state index contributed by atoms with van der Waals surface area (Å²) >= 11 is 0. The van der Waals surface area contributed by atoms with E-state index < -0.39 is 11.9 Å². The first-order valence-corrected chi connectivity index (χ1v) is 4.12. The van der Waals surface area contributed by atoms with Crippen LogP contribution in [0.25, 0.3) is 0 Å². The van der Waals surface area contributed by atoms with Crippen molar-refractivity contribution in [3.8, 4) is 0 Å². The van der Waals surface area contributed by atoms with Crippen LogP contribution in [0.3, 0.4) is 0 Å². The smallest absolute Gasteiger partial charge is 0.352 e. The van der Waals surface area contributed by atoms with Crippen LogP contribution in [0.15, 0.2) is 11.8 Å². The van der Waals surface area contributed by atoms with E-state index in [1.165, 1.54) is 4.90 Å². The maximum Gasteiger partial charge on any atom is 0.352 e. The summed E-state index contributed by atoms with van der Waals surface area (Å²) in [6.07, 6.45) is 0.702. The van der Waals surface area contributed by atoms with E-state index in [1.54, 1.807) is 0 Å². The lowest BCUT2D eigenvalue weighted by atomic mass is 10.3. The summed E-state index contributed by atoms with van der Waals surface area (Å²) in [6, 6.07) is 0. The first-order valence-electron chi connectivity index (χ1n) is 4.12. The number of carbonyl (C=O) groups is 2. The minimum atomic E-state index is -1.26. The van der Waals surface area contributed by atoms with Crippen molar-refractivity contribution >= 4 is 11.9 Å². The molecule has 0 amide bonds. The van der Waals surface area contributed by atoms with Crippen LogP contribution in [0.5, 0.6) is 0 Å². The first kappa shape index (κ1) is 10.5. The average Bonchev–Trinajstić information content (AvgIpc) is 2.15. The molecule has 6 heteroatoms. The maximum absolute atomic E-state index is 10.7. The molecule has 0 bridgehead atoms. The Morgan fingerprint density at radius 2 is 1.79 bits per heavy atom. The second kappa shape index (κ2) is 4.61. The predicted molar refractivity (Wildman–Crippen MR) is 45.7 cm³/mol. The third kappa shape index (κ3) is 2.74. The van der Waals surface area contributed by atoms with Gasteiger partial charge in [-0.25, -0.2) is 9.59 Å². The van der Waals surface area contributed by atoms with Gasteiger partial charge in [-0.15, -0.1) is 0 Å². The number of aliphatic carboxylic acids is 2. The topological polar surface area (TPSA) is 87.1 Å². The van der Waals surface area contributed by atoms with Gasteiger partial charge in [0.15, 0.2) is 0 Å². The Balaban J connectivity index is 2.76. The molecule has 1 aliphatic rings. The molecule has 1 saturated heterocycles. The van der Waals surface area contributed by atoms with Crippen molar-refractivity contribution < 1.29 is 24.5 Å². The number of nitrogens with zero attached hydrogens (tertiary/aromatic N) is 1. The van der Waals surface area contributed by atoms with E-state index in [9.17, 15) is 9.59 Å². The molecule has 1 heterocycles. The highest BCUT2D eigenvalue weighted by molar-refractivity contribution is 5.94. The Morgan fingerprint density at radius 3 is 2.21 bits per heavy atom. The van der Waals surface area contributed by atoms with E-state index in [4.69, 9.17) is 14.9 Å². The minimum Gasteiger partial charge on any atom is -0.478 e. The highest BCUT2D eigenvalue weighted by Gasteiger charge is 2.20. The number of hydrogen-bond acceptors (Lipinski definition) is 4. The van der Waals surface area contributed by atoms with Crippen LogP contribution < -0.4 is 0 Å². The molecule has 0 aliphatic carbocycles. The highest BCUT2D eigenvalue weighted by atomic mass is 16.5. The van der Waals surface area contributed by atoms with Gasteiger partial charge in [-0.2, -0.15) is 0 Å². The van der Waals surface area contributed by atoms with E-state index in [1.807, 2.05) is 0 Å². The number of carboxylic acid groups (broad SMARTS) is 2. The molecule has 0 aromatic carbocycles. The Morgan fingerprint density at radius 1 is 1.21 bits per heavy atom. The van der Waals surface area contributed by atoms with Crippen LogP contribution in [-0.2, 0) is 14.3 Å². The summed E-state index contributed by atoms with van der Waals surface area (Å²) in [6.45, 7) is 1.66. The van der Waals surface area contributed by atoms with Crippen LogP contribution in [0.1, 0.15) is 0 Å². The molecule has 1 fully saturated rings. The fraction of sp³-hybridized carbons (Fsp3) is 0.500. The summed E-state index contributed by atoms with van der Waals surface area (Å²) in [5.74, 6) is -2.48. The van der Waals surface area contributed by atoms with Gasteiger partial charge in [-0.05, 0) is 0 Å². The molecule has 0 radical (unpaired) electrons. The number of carboxylic acids is 2.